The van der Waals surface area contributed by atoms with Crippen LogP contribution in [0.5, 0.6) is 0 Å². The van der Waals surface area contributed by atoms with Crippen molar-refractivity contribution in [3.63, 3.8) is 0 Å². The Kier molecular flexibility index (Phi) is 3.73. The molecular formula is C16H18N6O2. The second-order valence-corrected chi connectivity index (χ2v) is 5.87. The molecule has 1 aliphatic heterocycles. The third-order valence-corrected chi connectivity index (χ3v) is 4.19. The molecule has 124 valence electrons. The van der Waals surface area contributed by atoms with Gasteiger partial charge in [-0.2, -0.15) is 4.98 Å². The zero-order chi connectivity index (χ0) is 16.5. The Morgan fingerprint density at radius 3 is 2.75 bits per heavy atom. The predicted octanol–water partition coefficient (Wildman–Crippen LogP) is 0.708. The van der Waals surface area contributed by atoms with Crippen molar-refractivity contribution in [3.8, 4) is 0 Å². The third kappa shape index (κ3) is 2.88. The molecule has 8 heteroatoms. The fourth-order valence-electron chi connectivity index (χ4n) is 2.94. The van der Waals surface area contributed by atoms with E-state index in [4.69, 9.17) is 4.52 Å². The van der Waals surface area contributed by atoms with Gasteiger partial charge in [0.2, 0.25) is 5.89 Å². The van der Waals surface area contributed by atoms with Crippen molar-refractivity contribution in [1.82, 2.24) is 24.4 Å². The number of hydrogen-bond acceptors (Lipinski definition) is 7. The molecule has 1 aliphatic rings. The van der Waals surface area contributed by atoms with Crippen LogP contribution in [-0.4, -0.2) is 50.6 Å². The van der Waals surface area contributed by atoms with Crippen LogP contribution in [0.2, 0.25) is 0 Å². The molecule has 1 fully saturated rings. The lowest BCUT2D eigenvalue weighted by Gasteiger charge is -2.34. The predicted molar refractivity (Wildman–Crippen MR) is 88.0 cm³/mol. The number of aryl methyl sites for hydroxylation is 1. The van der Waals surface area contributed by atoms with Crippen LogP contribution in [0.15, 0.2) is 39.8 Å². The van der Waals surface area contributed by atoms with Gasteiger partial charge in [0, 0.05) is 45.4 Å². The van der Waals surface area contributed by atoms with E-state index in [0.717, 1.165) is 32.0 Å². The summed E-state index contributed by atoms with van der Waals surface area (Å²) in [6.45, 7) is 5.82. The quantitative estimate of drug-likeness (QED) is 0.701. The molecule has 1 saturated heterocycles. The van der Waals surface area contributed by atoms with Crippen LogP contribution in [0.1, 0.15) is 11.7 Å². The average molecular weight is 326 g/mol. The molecule has 0 radical (unpaired) electrons. The lowest BCUT2D eigenvalue weighted by Crippen LogP contribution is -2.46. The molecular weight excluding hydrogens is 308 g/mol. The lowest BCUT2D eigenvalue weighted by molar-refractivity contribution is 0.239. The van der Waals surface area contributed by atoms with E-state index in [1.807, 2.05) is 18.2 Å². The van der Waals surface area contributed by atoms with E-state index in [-0.39, 0.29) is 5.56 Å². The van der Waals surface area contributed by atoms with Gasteiger partial charge in [-0.1, -0.05) is 11.2 Å². The maximum atomic E-state index is 12.2. The van der Waals surface area contributed by atoms with E-state index in [9.17, 15) is 4.79 Å². The van der Waals surface area contributed by atoms with Gasteiger partial charge in [-0.3, -0.25) is 14.1 Å². The van der Waals surface area contributed by atoms with Crippen molar-refractivity contribution >= 4 is 11.5 Å². The van der Waals surface area contributed by atoms with Gasteiger partial charge in [0.05, 0.1) is 6.54 Å². The van der Waals surface area contributed by atoms with Gasteiger partial charge < -0.3 is 9.42 Å². The SMILES string of the molecule is Cc1nc(CN2CCN(c3cc(=O)n4ccccc4n3)CC2)no1. The first-order chi connectivity index (χ1) is 11.7. The summed E-state index contributed by atoms with van der Waals surface area (Å²) in [5, 5.41) is 3.94. The summed E-state index contributed by atoms with van der Waals surface area (Å²) >= 11 is 0. The summed E-state index contributed by atoms with van der Waals surface area (Å²) in [7, 11) is 0. The number of pyridine rings is 1. The highest BCUT2D eigenvalue weighted by molar-refractivity contribution is 5.48. The summed E-state index contributed by atoms with van der Waals surface area (Å²) in [5.74, 6) is 2.04. The molecule has 3 aromatic rings. The van der Waals surface area contributed by atoms with Crippen molar-refractivity contribution in [3.05, 3.63) is 52.5 Å². The van der Waals surface area contributed by atoms with Crippen LogP contribution in [-0.2, 0) is 6.54 Å². The monoisotopic (exact) mass is 326 g/mol. The van der Waals surface area contributed by atoms with Gasteiger partial charge in [0.25, 0.3) is 5.56 Å². The van der Waals surface area contributed by atoms with Crippen molar-refractivity contribution < 1.29 is 4.52 Å². The highest BCUT2D eigenvalue weighted by Gasteiger charge is 2.20. The lowest BCUT2D eigenvalue weighted by atomic mass is 10.3. The maximum absolute atomic E-state index is 12.2. The maximum Gasteiger partial charge on any atom is 0.259 e. The minimum absolute atomic E-state index is 0.0553. The van der Waals surface area contributed by atoms with Crippen LogP contribution in [0.4, 0.5) is 5.82 Å². The van der Waals surface area contributed by atoms with Crippen LogP contribution < -0.4 is 10.5 Å². The van der Waals surface area contributed by atoms with Gasteiger partial charge in [-0.05, 0) is 12.1 Å². The summed E-state index contributed by atoms with van der Waals surface area (Å²) in [4.78, 5) is 25.5. The molecule has 8 nitrogen and oxygen atoms in total. The number of hydrogen-bond donors (Lipinski definition) is 0. The molecule has 0 aliphatic carbocycles. The number of piperazine rings is 1. The van der Waals surface area contributed by atoms with E-state index >= 15 is 0 Å². The summed E-state index contributed by atoms with van der Waals surface area (Å²) in [5.41, 5.74) is 0.616. The molecule has 4 rings (SSSR count). The molecule has 0 saturated carbocycles. The molecule has 0 amide bonds. The summed E-state index contributed by atoms with van der Waals surface area (Å²) in [6.07, 6.45) is 1.74. The van der Waals surface area contributed by atoms with Gasteiger partial charge in [-0.25, -0.2) is 4.98 Å². The van der Waals surface area contributed by atoms with Gasteiger partial charge in [0.1, 0.15) is 11.5 Å². The average Bonchev–Trinajstić information content (AvgIpc) is 3.00. The molecule has 0 atom stereocenters. The molecule has 0 aromatic carbocycles. The minimum Gasteiger partial charge on any atom is -0.354 e. The van der Waals surface area contributed by atoms with Crippen molar-refractivity contribution in [2.45, 2.75) is 13.5 Å². The zero-order valence-electron chi connectivity index (χ0n) is 13.4. The Morgan fingerprint density at radius 1 is 1.17 bits per heavy atom. The Morgan fingerprint density at radius 2 is 2.00 bits per heavy atom. The zero-order valence-corrected chi connectivity index (χ0v) is 13.4. The summed E-state index contributed by atoms with van der Waals surface area (Å²) in [6, 6.07) is 7.16. The standard InChI is InChI=1S/C16H18N6O2/c1-12-17-13(19-24-12)11-20-6-8-21(9-7-20)15-10-16(23)22-5-3-2-4-14(22)18-15/h2-5,10H,6-9,11H2,1H3. The number of aromatic nitrogens is 4. The number of fused-ring (bicyclic) bond motifs is 1. The topological polar surface area (TPSA) is 79.8 Å². The van der Waals surface area contributed by atoms with Crippen LogP contribution >= 0.6 is 0 Å². The smallest absolute Gasteiger partial charge is 0.259 e. The van der Waals surface area contributed by atoms with E-state index < -0.39 is 0 Å². The molecule has 0 spiro atoms. The normalized spacial score (nSPS) is 16.0. The summed E-state index contributed by atoms with van der Waals surface area (Å²) < 4.78 is 6.56. The minimum atomic E-state index is -0.0553. The van der Waals surface area contributed by atoms with Crippen molar-refractivity contribution in [2.75, 3.05) is 31.1 Å². The Balaban J connectivity index is 1.46. The van der Waals surface area contributed by atoms with E-state index in [0.29, 0.717) is 23.9 Å². The van der Waals surface area contributed by atoms with Crippen LogP contribution in [0.3, 0.4) is 0 Å². The fraction of sp³-hybridized carbons (Fsp3) is 0.375. The fourth-order valence-corrected chi connectivity index (χ4v) is 2.94. The second kappa shape index (κ2) is 6.04. The third-order valence-electron chi connectivity index (χ3n) is 4.19. The molecule has 24 heavy (non-hydrogen) atoms. The van der Waals surface area contributed by atoms with Crippen LogP contribution in [0, 0.1) is 6.92 Å². The molecule has 0 N–H and O–H groups in total. The molecule has 3 aromatic heterocycles. The first-order valence-electron chi connectivity index (χ1n) is 7.94. The molecule has 0 bridgehead atoms. The highest BCUT2D eigenvalue weighted by atomic mass is 16.5. The first-order valence-corrected chi connectivity index (χ1v) is 7.94. The van der Waals surface area contributed by atoms with Gasteiger partial charge in [-0.15, -0.1) is 0 Å². The van der Waals surface area contributed by atoms with E-state index in [1.165, 1.54) is 0 Å². The number of rotatable bonds is 3. The molecule has 0 unspecified atom stereocenters. The second-order valence-electron chi connectivity index (χ2n) is 5.87. The van der Waals surface area contributed by atoms with E-state index in [2.05, 4.69) is 24.9 Å². The Labute approximate surface area is 138 Å². The van der Waals surface area contributed by atoms with Gasteiger partial charge in [0.15, 0.2) is 5.82 Å². The molecule has 4 heterocycles. The van der Waals surface area contributed by atoms with Crippen molar-refractivity contribution in [1.29, 1.82) is 0 Å². The number of nitrogens with zero attached hydrogens (tertiary/aromatic N) is 6. The van der Waals surface area contributed by atoms with Gasteiger partial charge >= 0.3 is 0 Å². The largest absolute Gasteiger partial charge is 0.354 e. The number of anilines is 1. The Hall–Kier alpha value is -2.74. The van der Waals surface area contributed by atoms with E-state index in [1.54, 1.807) is 23.6 Å². The highest BCUT2D eigenvalue weighted by Crippen LogP contribution is 2.14. The van der Waals surface area contributed by atoms with Crippen LogP contribution in [0.25, 0.3) is 5.65 Å². The first kappa shape index (κ1) is 14.8. The van der Waals surface area contributed by atoms with Crippen molar-refractivity contribution in [2.24, 2.45) is 0 Å². The Bertz CT molecular complexity index is 910.